The van der Waals surface area contributed by atoms with Gasteiger partial charge in [-0.1, -0.05) is 12.1 Å². The van der Waals surface area contributed by atoms with Gasteiger partial charge in [0.25, 0.3) is 0 Å². The van der Waals surface area contributed by atoms with Crippen LogP contribution in [0.1, 0.15) is 11.1 Å². The summed E-state index contributed by atoms with van der Waals surface area (Å²) < 4.78 is 5.53. The lowest BCUT2D eigenvalue weighted by Gasteiger charge is -2.31. The van der Waals surface area contributed by atoms with Gasteiger partial charge in [0, 0.05) is 32.6 Å². The summed E-state index contributed by atoms with van der Waals surface area (Å²) in [6, 6.07) is 6.62. The Hall–Kier alpha value is -1.06. The van der Waals surface area contributed by atoms with Gasteiger partial charge in [-0.2, -0.15) is 0 Å². The number of hydrogen-bond donors (Lipinski definition) is 1. The van der Waals surface area contributed by atoms with Crippen LogP contribution in [0.3, 0.4) is 0 Å². The Bertz CT molecular complexity index is 401. The highest BCUT2D eigenvalue weighted by atomic mass is 16.5. The van der Waals surface area contributed by atoms with Gasteiger partial charge in [-0.05, 0) is 30.2 Å². The van der Waals surface area contributed by atoms with Crippen LogP contribution < -0.4 is 10.1 Å². The van der Waals surface area contributed by atoms with Crippen molar-refractivity contribution >= 4 is 0 Å². The molecule has 3 nitrogen and oxygen atoms in total. The summed E-state index contributed by atoms with van der Waals surface area (Å²) in [7, 11) is 2.21. The van der Waals surface area contributed by atoms with Crippen LogP contribution in [0.5, 0.6) is 5.75 Å². The van der Waals surface area contributed by atoms with Crippen LogP contribution in [0.4, 0.5) is 0 Å². The summed E-state index contributed by atoms with van der Waals surface area (Å²) in [6.07, 6.45) is 1.07. The second-order valence-electron chi connectivity index (χ2n) is 5.26. The Morgan fingerprint density at radius 2 is 2.29 bits per heavy atom. The molecule has 2 heterocycles. The highest BCUT2D eigenvalue weighted by Gasteiger charge is 2.19. The first kappa shape index (κ1) is 11.1. The SMILES string of the molecule is CN(Cc1ccc2c(c1)CCO2)CC1CNC1. The summed E-state index contributed by atoms with van der Waals surface area (Å²) in [4.78, 5) is 2.42. The van der Waals surface area contributed by atoms with Gasteiger partial charge in [0.1, 0.15) is 5.75 Å². The van der Waals surface area contributed by atoms with Crippen LogP contribution in [0.15, 0.2) is 18.2 Å². The van der Waals surface area contributed by atoms with Gasteiger partial charge in [0.05, 0.1) is 6.61 Å². The zero-order valence-electron chi connectivity index (χ0n) is 10.4. The highest BCUT2D eigenvalue weighted by Crippen LogP contribution is 2.26. The van der Waals surface area contributed by atoms with Gasteiger partial charge in [0.15, 0.2) is 0 Å². The molecule has 2 aliphatic heterocycles. The third-order valence-electron chi connectivity index (χ3n) is 3.64. The van der Waals surface area contributed by atoms with Gasteiger partial charge in [0.2, 0.25) is 0 Å². The van der Waals surface area contributed by atoms with Crippen molar-refractivity contribution in [2.24, 2.45) is 5.92 Å². The topological polar surface area (TPSA) is 24.5 Å². The minimum absolute atomic E-state index is 0.845. The zero-order chi connectivity index (χ0) is 11.7. The molecule has 0 atom stereocenters. The Morgan fingerprint density at radius 3 is 3.06 bits per heavy atom. The molecule has 1 aromatic rings. The van der Waals surface area contributed by atoms with Gasteiger partial charge < -0.3 is 15.0 Å². The fourth-order valence-corrected chi connectivity index (χ4v) is 2.63. The minimum atomic E-state index is 0.845. The molecule has 92 valence electrons. The Morgan fingerprint density at radius 1 is 1.41 bits per heavy atom. The summed E-state index contributed by atoms with van der Waals surface area (Å²) in [5, 5.41) is 3.32. The second-order valence-corrected chi connectivity index (χ2v) is 5.26. The predicted molar refractivity (Wildman–Crippen MR) is 68.3 cm³/mol. The van der Waals surface area contributed by atoms with Crippen molar-refractivity contribution in [2.45, 2.75) is 13.0 Å². The largest absolute Gasteiger partial charge is 0.493 e. The molecule has 0 unspecified atom stereocenters. The molecule has 0 bridgehead atoms. The average molecular weight is 232 g/mol. The molecule has 0 aromatic heterocycles. The van der Waals surface area contributed by atoms with E-state index in [0.29, 0.717) is 0 Å². The number of nitrogens with one attached hydrogen (secondary N) is 1. The van der Waals surface area contributed by atoms with Crippen molar-refractivity contribution in [1.29, 1.82) is 0 Å². The minimum Gasteiger partial charge on any atom is -0.493 e. The van der Waals surface area contributed by atoms with E-state index in [1.54, 1.807) is 0 Å². The molecular formula is C14H20N2O. The Kier molecular flexibility index (Phi) is 3.04. The fourth-order valence-electron chi connectivity index (χ4n) is 2.63. The summed E-state index contributed by atoms with van der Waals surface area (Å²) in [6.45, 7) is 5.46. The third-order valence-corrected chi connectivity index (χ3v) is 3.64. The maximum Gasteiger partial charge on any atom is 0.122 e. The molecule has 2 aliphatic rings. The average Bonchev–Trinajstić information content (AvgIpc) is 2.71. The summed E-state index contributed by atoms with van der Waals surface area (Å²) in [5.74, 6) is 1.93. The van der Waals surface area contributed by atoms with Gasteiger partial charge in [-0.3, -0.25) is 0 Å². The molecule has 0 radical (unpaired) electrons. The van der Waals surface area contributed by atoms with E-state index in [0.717, 1.165) is 31.2 Å². The van der Waals surface area contributed by atoms with Crippen molar-refractivity contribution in [3.63, 3.8) is 0 Å². The fraction of sp³-hybridized carbons (Fsp3) is 0.571. The van der Waals surface area contributed by atoms with Crippen LogP contribution in [-0.2, 0) is 13.0 Å². The lowest BCUT2D eigenvalue weighted by Crippen LogP contribution is -2.47. The number of fused-ring (bicyclic) bond motifs is 1. The number of rotatable bonds is 4. The van der Waals surface area contributed by atoms with Crippen molar-refractivity contribution < 1.29 is 4.74 Å². The smallest absolute Gasteiger partial charge is 0.122 e. The number of ether oxygens (including phenoxy) is 1. The van der Waals surface area contributed by atoms with Crippen LogP contribution in [0, 0.1) is 5.92 Å². The monoisotopic (exact) mass is 232 g/mol. The van der Waals surface area contributed by atoms with E-state index in [4.69, 9.17) is 4.74 Å². The standard InChI is InChI=1S/C14H20N2O/c1-16(10-12-7-15-8-12)9-11-2-3-14-13(6-11)4-5-17-14/h2-3,6,12,15H,4-5,7-10H2,1H3. The molecule has 17 heavy (non-hydrogen) atoms. The first-order valence-corrected chi connectivity index (χ1v) is 6.45. The Balaban J connectivity index is 1.60. The van der Waals surface area contributed by atoms with E-state index >= 15 is 0 Å². The molecule has 0 amide bonds. The molecule has 0 spiro atoms. The Labute approximate surface area is 103 Å². The van der Waals surface area contributed by atoms with Gasteiger partial charge in [-0.25, -0.2) is 0 Å². The van der Waals surface area contributed by atoms with Crippen molar-refractivity contribution in [3.8, 4) is 5.75 Å². The lowest BCUT2D eigenvalue weighted by molar-refractivity contribution is 0.218. The molecule has 3 rings (SSSR count). The first-order valence-electron chi connectivity index (χ1n) is 6.45. The predicted octanol–water partition coefficient (Wildman–Crippen LogP) is 1.27. The van der Waals surface area contributed by atoms with E-state index in [2.05, 4.69) is 35.5 Å². The van der Waals surface area contributed by atoms with Crippen molar-refractivity contribution in [1.82, 2.24) is 10.2 Å². The van der Waals surface area contributed by atoms with Crippen LogP contribution in [0.2, 0.25) is 0 Å². The maximum atomic E-state index is 5.53. The maximum absolute atomic E-state index is 5.53. The zero-order valence-corrected chi connectivity index (χ0v) is 10.4. The second kappa shape index (κ2) is 4.67. The number of hydrogen-bond acceptors (Lipinski definition) is 3. The van der Waals surface area contributed by atoms with Crippen molar-refractivity contribution in [2.75, 3.05) is 33.3 Å². The van der Waals surface area contributed by atoms with E-state index in [9.17, 15) is 0 Å². The van der Waals surface area contributed by atoms with E-state index in [1.807, 2.05) is 0 Å². The lowest BCUT2D eigenvalue weighted by atomic mass is 10.0. The van der Waals surface area contributed by atoms with Crippen LogP contribution >= 0.6 is 0 Å². The van der Waals surface area contributed by atoms with Crippen molar-refractivity contribution in [3.05, 3.63) is 29.3 Å². The molecule has 1 saturated heterocycles. The normalized spacial score (nSPS) is 18.9. The summed E-state index contributed by atoms with van der Waals surface area (Å²) in [5.41, 5.74) is 2.78. The molecule has 0 aliphatic carbocycles. The van der Waals surface area contributed by atoms with Gasteiger partial charge in [-0.15, -0.1) is 0 Å². The molecule has 1 aromatic carbocycles. The van der Waals surface area contributed by atoms with E-state index in [-0.39, 0.29) is 0 Å². The molecular weight excluding hydrogens is 212 g/mol. The molecule has 3 heteroatoms. The molecule has 1 fully saturated rings. The molecule has 0 saturated carbocycles. The quantitative estimate of drug-likeness (QED) is 0.846. The molecule has 1 N–H and O–H groups in total. The first-order chi connectivity index (χ1) is 8.31. The highest BCUT2D eigenvalue weighted by molar-refractivity contribution is 5.39. The van der Waals surface area contributed by atoms with E-state index in [1.165, 1.54) is 30.8 Å². The number of nitrogens with zero attached hydrogens (tertiary/aromatic N) is 1. The third kappa shape index (κ3) is 2.45. The van der Waals surface area contributed by atoms with E-state index < -0.39 is 0 Å². The number of benzene rings is 1. The van der Waals surface area contributed by atoms with Crippen LogP contribution in [-0.4, -0.2) is 38.2 Å². The van der Waals surface area contributed by atoms with Crippen LogP contribution in [0.25, 0.3) is 0 Å². The summed E-state index contributed by atoms with van der Waals surface area (Å²) >= 11 is 0. The van der Waals surface area contributed by atoms with Gasteiger partial charge >= 0.3 is 0 Å².